The lowest BCUT2D eigenvalue weighted by Gasteiger charge is -2.12. The molecule has 0 aliphatic heterocycles. The normalized spacial score (nSPS) is 12.0. The van der Waals surface area contributed by atoms with Crippen LogP contribution in [-0.2, 0) is 0 Å². The van der Waals surface area contributed by atoms with Gasteiger partial charge in [0.15, 0.2) is 17.5 Å². The molecule has 13 aromatic carbocycles. The molecule has 6 aromatic heterocycles. The summed E-state index contributed by atoms with van der Waals surface area (Å²) in [6.45, 7) is 0. The fourth-order valence-electron chi connectivity index (χ4n) is 13.9. The highest BCUT2D eigenvalue weighted by atomic mass is 32.1. The first kappa shape index (κ1) is 49.5. The number of benzene rings is 13. The number of rotatable bonds is 8. The molecule has 7 nitrogen and oxygen atoms in total. The van der Waals surface area contributed by atoms with Gasteiger partial charge in [0.1, 0.15) is 22.3 Å². The second-order valence-corrected chi connectivity index (χ2v) is 24.1. The molecular weight excluding hydrogens is 1110 g/mol. The second-order valence-electron chi connectivity index (χ2n) is 23.0. The van der Waals surface area contributed by atoms with Crippen LogP contribution >= 0.6 is 11.3 Å². The van der Waals surface area contributed by atoms with E-state index in [-0.39, 0.29) is 0 Å². The molecule has 0 N–H and O–H groups in total. The van der Waals surface area contributed by atoms with Gasteiger partial charge < -0.3 is 18.0 Å². The van der Waals surface area contributed by atoms with Gasteiger partial charge in [-0.3, -0.25) is 0 Å². The summed E-state index contributed by atoms with van der Waals surface area (Å²) in [5, 5.41) is 11.5. The molecule has 0 spiro atoms. The van der Waals surface area contributed by atoms with Crippen LogP contribution in [0.4, 0.5) is 0 Å². The molecule has 0 saturated heterocycles. The number of thiophene rings is 1. The van der Waals surface area contributed by atoms with Crippen LogP contribution in [-0.4, -0.2) is 24.1 Å². The molecule has 0 unspecified atom stereocenters. The summed E-state index contributed by atoms with van der Waals surface area (Å²) in [6, 6.07) is 102. The topological polar surface area (TPSA) is 74.8 Å². The Labute approximate surface area is 512 Å². The van der Waals surface area contributed by atoms with Gasteiger partial charge in [-0.05, 0) is 143 Å². The van der Waals surface area contributed by atoms with Crippen molar-refractivity contribution >= 4 is 119 Å². The zero-order valence-electron chi connectivity index (χ0n) is 47.6. The number of nitrogens with zero attached hydrogens (tertiary/aromatic N) is 5. The Hall–Kier alpha value is -11.7. The average molecular weight is 1150 g/mol. The summed E-state index contributed by atoms with van der Waals surface area (Å²) < 4.78 is 20.3. The maximum absolute atomic E-state index is 6.74. The minimum absolute atomic E-state index is 0.545. The van der Waals surface area contributed by atoms with Crippen LogP contribution in [0.2, 0.25) is 0 Å². The minimum Gasteiger partial charge on any atom is -0.456 e. The van der Waals surface area contributed by atoms with E-state index in [9.17, 15) is 0 Å². The van der Waals surface area contributed by atoms with Gasteiger partial charge in [0, 0.05) is 91.3 Å². The van der Waals surface area contributed by atoms with Crippen LogP contribution in [0.25, 0.3) is 187 Å². The van der Waals surface area contributed by atoms with E-state index in [2.05, 4.69) is 270 Å². The van der Waals surface area contributed by atoms with Crippen molar-refractivity contribution in [2.45, 2.75) is 0 Å². The van der Waals surface area contributed by atoms with Crippen molar-refractivity contribution in [3.63, 3.8) is 0 Å². The van der Waals surface area contributed by atoms with E-state index in [0.717, 1.165) is 105 Å². The van der Waals surface area contributed by atoms with Crippen molar-refractivity contribution in [3.05, 3.63) is 285 Å². The number of para-hydroxylation sites is 5. The Balaban J connectivity index is 0.742. The molecule has 0 fully saturated rings. The Morgan fingerprint density at radius 2 is 0.753 bits per heavy atom. The molecule has 8 heteroatoms. The van der Waals surface area contributed by atoms with Crippen molar-refractivity contribution in [2.24, 2.45) is 0 Å². The summed E-state index contributed by atoms with van der Waals surface area (Å²) in [7, 11) is 0. The molecule has 0 saturated carbocycles. The molecule has 0 amide bonds. The molecule has 0 aliphatic carbocycles. The summed E-state index contributed by atoms with van der Waals surface area (Å²) in [4.78, 5) is 16.2. The van der Waals surface area contributed by atoms with Crippen molar-refractivity contribution in [1.82, 2.24) is 24.1 Å². The molecule has 0 aliphatic rings. The minimum atomic E-state index is 0.545. The number of aromatic nitrogens is 5. The van der Waals surface area contributed by atoms with Crippen molar-refractivity contribution in [2.75, 3.05) is 0 Å². The summed E-state index contributed by atoms with van der Waals surface area (Å²) >= 11 is 1.86. The zero-order valence-corrected chi connectivity index (χ0v) is 48.4. The van der Waals surface area contributed by atoms with E-state index >= 15 is 0 Å². The number of hydrogen-bond donors (Lipinski definition) is 0. The van der Waals surface area contributed by atoms with E-state index in [4.69, 9.17) is 23.8 Å². The molecule has 414 valence electrons. The van der Waals surface area contributed by atoms with Crippen molar-refractivity contribution in [1.29, 1.82) is 0 Å². The Morgan fingerprint density at radius 3 is 1.55 bits per heavy atom. The average Bonchev–Trinajstić information content (AvgIpc) is 1.87. The third kappa shape index (κ3) is 7.80. The fraction of sp³-hybridized carbons (Fsp3) is 0. The van der Waals surface area contributed by atoms with Gasteiger partial charge in [-0.15, -0.1) is 11.3 Å². The summed E-state index contributed by atoms with van der Waals surface area (Å²) in [5.41, 5.74) is 19.4. The molecule has 0 radical (unpaired) electrons. The quantitative estimate of drug-likeness (QED) is 0.152. The molecule has 89 heavy (non-hydrogen) atoms. The van der Waals surface area contributed by atoms with Crippen LogP contribution in [0.1, 0.15) is 0 Å². The maximum atomic E-state index is 6.74. The van der Waals surface area contributed by atoms with Gasteiger partial charge in [-0.25, -0.2) is 15.0 Å². The highest BCUT2D eigenvalue weighted by molar-refractivity contribution is 7.26. The third-order valence-corrected chi connectivity index (χ3v) is 19.2. The summed E-state index contributed by atoms with van der Waals surface area (Å²) in [5.74, 6) is 1.66. The number of hydrogen-bond acceptors (Lipinski definition) is 6. The largest absolute Gasteiger partial charge is 0.456 e. The molecule has 6 heterocycles. The van der Waals surface area contributed by atoms with Crippen LogP contribution < -0.4 is 0 Å². The van der Waals surface area contributed by atoms with Crippen molar-refractivity contribution in [3.8, 4) is 78.9 Å². The van der Waals surface area contributed by atoms with Gasteiger partial charge in [-0.1, -0.05) is 176 Å². The lowest BCUT2D eigenvalue weighted by molar-refractivity contribution is 0.668. The Kier molecular flexibility index (Phi) is 10.8. The highest BCUT2D eigenvalue weighted by Gasteiger charge is 2.22. The third-order valence-electron chi connectivity index (χ3n) is 18.0. The van der Waals surface area contributed by atoms with Crippen LogP contribution in [0.15, 0.2) is 294 Å². The summed E-state index contributed by atoms with van der Waals surface area (Å²) in [6.07, 6.45) is 0. The molecule has 19 rings (SSSR count). The van der Waals surface area contributed by atoms with Gasteiger partial charge >= 0.3 is 0 Å². The SMILES string of the molecule is c1ccc(-n2c3ccccc3c3cc(-c4cccc5c4sc4ccc(-c6ccc7oc8cccc(-c9nc(-c%10cccc(-c%11ccc%12c(c%11)oc%11ccccc%11%12)c%10)nc(-c%10cccc(-n%11c%12ccccc%12c%12ccccc%12%11)c%10)n9)c8c7c6)cc45)ccc32)cc1. The Morgan fingerprint density at radius 1 is 0.258 bits per heavy atom. The van der Waals surface area contributed by atoms with E-state index in [0.29, 0.717) is 17.5 Å². The van der Waals surface area contributed by atoms with E-state index in [1.165, 1.54) is 63.9 Å². The molecule has 0 atom stereocenters. The van der Waals surface area contributed by atoms with Crippen LogP contribution in [0.5, 0.6) is 0 Å². The zero-order chi connectivity index (χ0) is 58.3. The van der Waals surface area contributed by atoms with Crippen molar-refractivity contribution < 1.29 is 8.83 Å². The number of furan rings is 2. The van der Waals surface area contributed by atoms with Gasteiger partial charge in [0.2, 0.25) is 0 Å². The number of fused-ring (bicyclic) bond motifs is 15. The van der Waals surface area contributed by atoms with Gasteiger partial charge in [0.05, 0.1) is 22.1 Å². The van der Waals surface area contributed by atoms with Crippen LogP contribution in [0, 0.1) is 0 Å². The first-order valence-electron chi connectivity index (χ1n) is 30.0. The molecule has 0 bridgehead atoms. The van der Waals surface area contributed by atoms with E-state index < -0.39 is 0 Å². The maximum Gasteiger partial charge on any atom is 0.164 e. The fourth-order valence-corrected chi connectivity index (χ4v) is 15.1. The predicted molar refractivity (Wildman–Crippen MR) is 369 cm³/mol. The lowest BCUT2D eigenvalue weighted by atomic mass is 9.98. The standard InChI is InChI=1S/C81H47N5O2S/c1-2-19-55(20-3-1)85-70-31-10-6-24-60(70)65-46-52(35-39-71(65)85)57-26-14-27-63-66-44-50(37-41-76(66)89-78(57)63)49-36-40-73-67(45-49)77-64(28-15-33-74(77)87-73)81-83-79(53-17-12-16-48(42-53)51-34-38-62-61-25-7-11-32-72(61)88-75(62)47-51)82-80(84-81)54-18-13-21-56(43-54)86-68-29-8-4-22-58(68)59-23-5-9-30-69(59)86/h1-47H. The lowest BCUT2D eigenvalue weighted by Crippen LogP contribution is -2.01. The smallest absolute Gasteiger partial charge is 0.164 e. The predicted octanol–water partition coefficient (Wildman–Crippen LogP) is 22.2. The van der Waals surface area contributed by atoms with Crippen LogP contribution in [0.3, 0.4) is 0 Å². The van der Waals surface area contributed by atoms with Gasteiger partial charge in [0.25, 0.3) is 0 Å². The van der Waals surface area contributed by atoms with Gasteiger partial charge in [-0.2, -0.15) is 0 Å². The second kappa shape index (κ2) is 19.4. The highest BCUT2D eigenvalue weighted by Crippen LogP contribution is 2.45. The first-order chi connectivity index (χ1) is 44.1. The molecular formula is C81H47N5O2S. The van der Waals surface area contributed by atoms with E-state index in [1.54, 1.807) is 0 Å². The Bertz CT molecular complexity index is 6090. The molecule has 19 aromatic rings. The monoisotopic (exact) mass is 1150 g/mol. The first-order valence-corrected chi connectivity index (χ1v) is 30.8. The van der Waals surface area contributed by atoms with E-state index in [1.807, 2.05) is 35.6 Å².